The van der Waals surface area contributed by atoms with Crippen molar-refractivity contribution in [1.29, 1.82) is 0 Å². The van der Waals surface area contributed by atoms with Crippen LogP contribution in [0.25, 0.3) is 6.08 Å². The first kappa shape index (κ1) is 22.0. The highest BCUT2D eigenvalue weighted by Crippen LogP contribution is 2.14. The van der Waals surface area contributed by atoms with Crippen LogP contribution in [0.2, 0.25) is 0 Å². The second-order valence-corrected chi connectivity index (χ2v) is 7.55. The standard InChI is InChI=1S/C25H42/c1-2-3-4-5-6-7-8-9-10-11-12-13-14-15-16-17-19-22-25-23-20-18-21-24-25/h18-24H,2-17H2,1H3. The quantitative estimate of drug-likeness (QED) is 0.248. The molecule has 1 aromatic carbocycles. The van der Waals surface area contributed by atoms with E-state index in [1.807, 2.05) is 0 Å². The minimum Gasteiger partial charge on any atom is -0.0839 e. The van der Waals surface area contributed by atoms with Crippen LogP contribution in [0.3, 0.4) is 0 Å². The van der Waals surface area contributed by atoms with Crippen LogP contribution in [0.15, 0.2) is 36.4 Å². The fourth-order valence-electron chi connectivity index (χ4n) is 3.42. The molecule has 0 atom stereocenters. The maximum Gasteiger partial charge on any atom is -0.0260 e. The third-order valence-electron chi connectivity index (χ3n) is 5.08. The van der Waals surface area contributed by atoms with Gasteiger partial charge in [0.15, 0.2) is 0 Å². The van der Waals surface area contributed by atoms with Gasteiger partial charge in [-0.2, -0.15) is 0 Å². The third kappa shape index (κ3) is 15.0. The van der Waals surface area contributed by atoms with Crippen molar-refractivity contribution in [2.75, 3.05) is 0 Å². The van der Waals surface area contributed by atoms with E-state index in [0.29, 0.717) is 0 Å². The summed E-state index contributed by atoms with van der Waals surface area (Å²) in [6.07, 6.45) is 27.4. The lowest BCUT2D eigenvalue weighted by Crippen LogP contribution is -1.83. The van der Waals surface area contributed by atoms with E-state index in [9.17, 15) is 0 Å². The molecule has 0 bridgehead atoms. The van der Waals surface area contributed by atoms with Gasteiger partial charge in [-0.15, -0.1) is 0 Å². The van der Waals surface area contributed by atoms with Crippen molar-refractivity contribution in [2.24, 2.45) is 0 Å². The third-order valence-corrected chi connectivity index (χ3v) is 5.08. The molecule has 1 aromatic rings. The largest absolute Gasteiger partial charge is 0.0839 e. The Hall–Kier alpha value is -1.04. The molecule has 25 heavy (non-hydrogen) atoms. The summed E-state index contributed by atoms with van der Waals surface area (Å²) in [5.41, 5.74) is 1.32. The van der Waals surface area contributed by atoms with Crippen LogP contribution in [0.5, 0.6) is 0 Å². The SMILES string of the molecule is CCCCCCCCCCCCCCCCCC=Cc1ccccc1. The van der Waals surface area contributed by atoms with E-state index in [4.69, 9.17) is 0 Å². The van der Waals surface area contributed by atoms with Gasteiger partial charge in [-0.1, -0.05) is 139 Å². The summed E-state index contributed by atoms with van der Waals surface area (Å²) in [6.45, 7) is 2.29. The highest BCUT2D eigenvalue weighted by molar-refractivity contribution is 5.48. The monoisotopic (exact) mass is 342 g/mol. The number of hydrogen-bond acceptors (Lipinski definition) is 0. The Morgan fingerprint density at radius 2 is 1.00 bits per heavy atom. The molecular formula is C25H42. The minimum absolute atomic E-state index is 1.23. The Bertz CT molecular complexity index is 390. The Labute approximate surface area is 158 Å². The van der Waals surface area contributed by atoms with Crippen LogP contribution in [0, 0.1) is 0 Å². The van der Waals surface area contributed by atoms with Crippen molar-refractivity contribution in [2.45, 2.75) is 110 Å². The van der Waals surface area contributed by atoms with Gasteiger partial charge >= 0.3 is 0 Å². The smallest absolute Gasteiger partial charge is 0.0260 e. The lowest BCUT2D eigenvalue weighted by molar-refractivity contribution is 0.533. The minimum atomic E-state index is 1.23. The van der Waals surface area contributed by atoms with Gasteiger partial charge < -0.3 is 0 Å². The normalized spacial score (nSPS) is 11.4. The molecule has 0 amide bonds. The average Bonchev–Trinajstić information content (AvgIpc) is 2.65. The molecule has 0 aliphatic heterocycles. The van der Waals surface area contributed by atoms with E-state index >= 15 is 0 Å². The van der Waals surface area contributed by atoms with Crippen LogP contribution in [-0.4, -0.2) is 0 Å². The highest BCUT2D eigenvalue weighted by Gasteiger charge is 1.94. The molecule has 0 N–H and O–H groups in total. The van der Waals surface area contributed by atoms with Gasteiger partial charge in [0.1, 0.15) is 0 Å². The van der Waals surface area contributed by atoms with E-state index in [1.165, 1.54) is 108 Å². The summed E-state index contributed by atoms with van der Waals surface area (Å²) in [6, 6.07) is 10.6. The molecule has 0 aromatic heterocycles. The van der Waals surface area contributed by atoms with E-state index in [2.05, 4.69) is 49.4 Å². The van der Waals surface area contributed by atoms with Crippen LogP contribution in [0.1, 0.15) is 115 Å². The zero-order chi connectivity index (χ0) is 17.8. The first-order chi connectivity index (χ1) is 12.4. The lowest BCUT2D eigenvalue weighted by atomic mass is 10.0. The zero-order valence-electron chi connectivity index (χ0n) is 16.9. The van der Waals surface area contributed by atoms with E-state index < -0.39 is 0 Å². The van der Waals surface area contributed by atoms with Gasteiger partial charge in [0.05, 0.1) is 0 Å². The van der Waals surface area contributed by atoms with Gasteiger partial charge in [-0.3, -0.25) is 0 Å². The molecule has 0 radical (unpaired) electrons. The highest BCUT2D eigenvalue weighted by atomic mass is 14.0. The van der Waals surface area contributed by atoms with E-state index in [1.54, 1.807) is 0 Å². The Morgan fingerprint density at radius 3 is 1.48 bits per heavy atom. The summed E-state index contributed by atoms with van der Waals surface area (Å²) in [5, 5.41) is 0. The summed E-state index contributed by atoms with van der Waals surface area (Å²) >= 11 is 0. The van der Waals surface area contributed by atoms with Crippen LogP contribution >= 0.6 is 0 Å². The average molecular weight is 343 g/mol. The van der Waals surface area contributed by atoms with Crippen molar-refractivity contribution in [3.8, 4) is 0 Å². The number of unbranched alkanes of at least 4 members (excludes halogenated alkanes) is 15. The molecule has 0 heterocycles. The Morgan fingerprint density at radius 1 is 0.560 bits per heavy atom. The first-order valence-corrected chi connectivity index (χ1v) is 11.1. The number of hydrogen-bond donors (Lipinski definition) is 0. The van der Waals surface area contributed by atoms with Crippen molar-refractivity contribution in [3.63, 3.8) is 0 Å². The molecule has 0 aliphatic rings. The molecule has 0 heteroatoms. The molecule has 0 saturated carbocycles. The summed E-state index contributed by atoms with van der Waals surface area (Å²) in [7, 11) is 0. The second-order valence-electron chi connectivity index (χ2n) is 7.55. The molecule has 0 aliphatic carbocycles. The topological polar surface area (TPSA) is 0 Å². The van der Waals surface area contributed by atoms with Gasteiger partial charge in [0.2, 0.25) is 0 Å². The van der Waals surface area contributed by atoms with E-state index in [0.717, 1.165) is 0 Å². The number of allylic oxidation sites excluding steroid dienone is 1. The van der Waals surface area contributed by atoms with Crippen LogP contribution < -0.4 is 0 Å². The van der Waals surface area contributed by atoms with Crippen molar-refractivity contribution in [3.05, 3.63) is 42.0 Å². The lowest BCUT2D eigenvalue weighted by Gasteiger charge is -2.03. The molecule has 142 valence electrons. The van der Waals surface area contributed by atoms with Crippen molar-refractivity contribution < 1.29 is 0 Å². The number of rotatable bonds is 17. The molecule has 0 unspecified atom stereocenters. The van der Waals surface area contributed by atoms with Crippen molar-refractivity contribution >= 4 is 6.08 Å². The molecule has 0 nitrogen and oxygen atoms in total. The van der Waals surface area contributed by atoms with Crippen LogP contribution in [-0.2, 0) is 0 Å². The predicted octanol–water partition coefficient (Wildman–Crippen LogP) is 8.96. The van der Waals surface area contributed by atoms with Gasteiger partial charge in [-0.05, 0) is 18.4 Å². The fourth-order valence-corrected chi connectivity index (χ4v) is 3.42. The van der Waals surface area contributed by atoms with Crippen molar-refractivity contribution in [1.82, 2.24) is 0 Å². The van der Waals surface area contributed by atoms with Gasteiger partial charge in [0, 0.05) is 0 Å². The second kappa shape index (κ2) is 17.8. The molecule has 0 saturated heterocycles. The van der Waals surface area contributed by atoms with Crippen LogP contribution in [0.4, 0.5) is 0 Å². The fraction of sp³-hybridized carbons (Fsp3) is 0.680. The molecule has 1 rings (SSSR count). The molecule has 0 spiro atoms. The summed E-state index contributed by atoms with van der Waals surface area (Å²) < 4.78 is 0. The first-order valence-electron chi connectivity index (χ1n) is 11.1. The molecular weight excluding hydrogens is 300 g/mol. The summed E-state index contributed by atoms with van der Waals surface area (Å²) in [4.78, 5) is 0. The zero-order valence-corrected chi connectivity index (χ0v) is 16.9. The number of benzene rings is 1. The van der Waals surface area contributed by atoms with Gasteiger partial charge in [-0.25, -0.2) is 0 Å². The maximum absolute atomic E-state index is 2.33. The predicted molar refractivity (Wildman–Crippen MR) is 115 cm³/mol. The maximum atomic E-state index is 2.33. The molecule has 0 fully saturated rings. The van der Waals surface area contributed by atoms with Gasteiger partial charge in [0.25, 0.3) is 0 Å². The Balaban J connectivity index is 1.74. The summed E-state index contributed by atoms with van der Waals surface area (Å²) in [5.74, 6) is 0. The Kier molecular flexibility index (Phi) is 15.6. The van der Waals surface area contributed by atoms with E-state index in [-0.39, 0.29) is 0 Å².